The van der Waals surface area contributed by atoms with Gasteiger partial charge in [0.1, 0.15) is 0 Å². The van der Waals surface area contributed by atoms with Gasteiger partial charge in [-0.25, -0.2) is 0 Å². The summed E-state index contributed by atoms with van der Waals surface area (Å²) < 4.78 is 0. The van der Waals surface area contributed by atoms with E-state index in [2.05, 4.69) is 18.3 Å². The van der Waals surface area contributed by atoms with Crippen molar-refractivity contribution >= 4 is 5.78 Å². The molecule has 1 saturated heterocycles. The van der Waals surface area contributed by atoms with Gasteiger partial charge in [0.05, 0.1) is 0 Å². The van der Waals surface area contributed by atoms with Crippen molar-refractivity contribution in [2.45, 2.75) is 45.4 Å². The molecule has 0 saturated carbocycles. The number of hydrogen-bond donors (Lipinski definition) is 1. The van der Waals surface area contributed by atoms with Crippen LogP contribution in [0.1, 0.15) is 45.4 Å². The third-order valence-corrected chi connectivity index (χ3v) is 3.73. The van der Waals surface area contributed by atoms with E-state index >= 15 is 0 Å². The van der Waals surface area contributed by atoms with E-state index in [1.54, 1.807) is 0 Å². The number of rotatable bonds is 2. The molecule has 2 rings (SSSR count). The molecule has 1 unspecified atom stereocenters. The molecule has 15 heavy (non-hydrogen) atoms. The third-order valence-electron chi connectivity index (χ3n) is 3.73. The van der Waals surface area contributed by atoms with Crippen molar-refractivity contribution in [3.63, 3.8) is 0 Å². The average Bonchev–Trinajstić information content (AvgIpc) is 2.30. The Hall–Kier alpha value is -0.630. The van der Waals surface area contributed by atoms with Gasteiger partial charge in [-0.2, -0.15) is 0 Å². The standard InChI is InChI=1S/C13H21NO/c1-13(8-5-9-14-10-13)12(15)11-6-3-2-4-7-11/h6,14H,2-5,7-10H2,1H3. The van der Waals surface area contributed by atoms with Crippen molar-refractivity contribution in [2.75, 3.05) is 13.1 Å². The minimum atomic E-state index is -0.124. The predicted octanol–water partition coefficient (Wildman–Crippen LogP) is 2.45. The molecular formula is C13H21NO. The van der Waals surface area contributed by atoms with Crippen LogP contribution in [-0.4, -0.2) is 18.9 Å². The molecule has 0 radical (unpaired) electrons. The van der Waals surface area contributed by atoms with Gasteiger partial charge in [-0.05, 0) is 50.6 Å². The van der Waals surface area contributed by atoms with Crippen LogP contribution in [0.15, 0.2) is 11.6 Å². The van der Waals surface area contributed by atoms with Gasteiger partial charge >= 0.3 is 0 Å². The molecule has 0 bridgehead atoms. The average molecular weight is 207 g/mol. The van der Waals surface area contributed by atoms with Gasteiger partial charge in [-0.1, -0.05) is 13.0 Å². The minimum Gasteiger partial charge on any atom is -0.316 e. The number of carbonyl (C=O) groups is 1. The van der Waals surface area contributed by atoms with E-state index in [0.717, 1.165) is 44.3 Å². The molecule has 1 aliphatic heterocycles. The molecule has 1 heterocycles. The Labute approximate surface area is 92.1 Å². The number of piperidine rings is 1. The van der Waals surface area contributed by atoms with Gasteiger partial charge in [0, 0.05) is 12.0 Å². The SMILES string of the molecule is CC1(C(=O)C2=CCCCC2)CCCNC1. The molecule has 1 N–H and O–H groups in total. The Kier molecular flexibility index (Phi) is 3.25. The molecule has 84 valence electrons. The summed E-state index contributed by atoms with van der Waals surface area (Å²) in [5.41, 5.74) is 0.981. The van der Waals surface area contributed by atoms with Crippen molar-refractivity contribution in [1.29, 1.82) is 0 Å². The maximum atomic E-state index is 12.4. The molecular weight excluding hydrogens is 186 g/mol. The smallest absolute Gasteiger partial charge is 0.165 e. The lowest BCUT2D eigenvalue weighted by atomic mass is 9.74. The number of allylic oxidation sites excluding steroid dienone is 2. The van der Waals surface area contributed by atoms with E-state index in [1.165, 1.54) is 12.8 Å². The van der Waals surface area contributed by atoms with Gasteiger partial charge in [0.2, 0.25) is 0 Å². The Morgan fingerprint density at radius 1 is 1.40 bits per heavy atom. The lowest BCUT2D eigenvalue weighted by Crippen LogP contribution is -2.44. The largest absolute Gasteiger partial charge is 0.316 e. The first kappa shape index (κ1) is 10.9. The lowest BCUT2D eigenvalue weighted by molar-refractivity contribution is -0.125. The van der Waals surface area contributed by atoms with E-state index in [1.807, 2.05) is 0 Å². The Morgan fingerprint density at radius 3 is 2.87 bits per heavy atom. The summed E-state index contributed by atoms with van der Waals surface area (Å²) in [5.74, 6) is 0.411. The highest BCUT2D eigenvalue weighted by atomic mass is 16.1. The Balaban J connectivity index is 2.08. The van der Waals surface area contributed by atoms with Gasteiger partial charge < -0.3 is 5.32 Å². The molecule has 0 aromatic carbocycles. The highest BCUT2D eigenvalue weighted by Crippen LogP contribution is 2.32. The van der Waals surface area contributed by atoms with E-state index in [4.69, 9.17) is 0 Å². The van der Waals surface area contributed by atoms with Crippen LogP contribution in [0.25, 0.3) is 0 Å². The normalized spacial score (nSPS) is 32.2. The van der Waals surface area contributed by atoms with E-state index in [0.29, 0.717) is 5.78 Å². The van der Waals surface area contributed by atoms with Crippen LogP contribution in [0, 0.1) is 5.41 Å². The zero-order chi connectivity index (χ0) is 10.7. The van der Waals surface area contributed by atoms with E-state index in [-0.39, 0.29) is 5.41 Å². The molecule has 0 aromatic heterocycles. The second-order valence-corrected chi connectivity index (χ2v) is 5.15. The van der Waals surface area contributed by atoms with Crippen molar-refractivity contribution in [3.05, 3.63) is 11.6 Å². The van der Waals surface area contributed by atoms with Crippen molar-refractivity contribution in [2.24, 2.45) is 5.41 Å². The fraction of sp³-hybridized carbons (Fsp3) is 0.769. The summed E-state index contributed by atoms with van der Waals surface area (Å²) in [6.45, 7) is 4.06. The summed E-state index contributed by atoms with van der Waals surface area (Å²) in [6, 6.07) is 0. The summed E-state index contributed by atoms with van der Waals surface area (Å²) >= 11 is 0. The topological polar surface area (TPSA) is 29.1 Å². The van der Waals surface area contributed by atoms with Crippen molar-refractivity contribution in [3.8, 4) is 0 Å². The van der Waals surface area contributed by atoms with Crippen LogP contribution >= 0.6 is 0 Å². The number of hydrogen-bond acceptors (Lipinski definition) is 2. The van der Waals surface area contributed by atoms with Crippen LogP contribution in [-0.2, 0) is 4.79 Å². The molecule has 1 atom stereocenters. The second kappa shape index (κ2) is 4.48. The summed E-state index contributed by atoms with van der Waals surface area (Å²) in [4.78, 5) is 12.4. The Morgan fingerprint density at radius 2 is 2.27 bits per heavy atom. The molecule has 1 fully saturated rings. The fourth-order valence-corrected chi connectivity index (χ4v) is 2.68. The van der Waals surface area contributed by atoms with Gasteiger partial charge in [-0.15, -0.1) is 0 Å². The summed E-state index contributed by atoms with van der Waals surface area (Å²) in [7, 11) is 0. The Bertz CT molecular complexity index is 274. The third kappa shape index (κ3) is 2.31. The highest BCUT2D eigenvalue weighted by Gasteiger charge is 2.36. The van der Waals surface area contributed by atoms with Crippen molar-refractivity contribution in [1.82, 2.24) is 5.32 Å². The van der Waals surface area contributed by atoms with Crippen molar-refractivity contribution < 1.29 is 4.79 Å². The predicted molar refractivity (Wildman–Crippen MR) is 61.8 cm³/mol. The van der Waals surface area contributed by atoms with Crippen LogP contribution in [0.3, 0.4) is 0 Å². The summed E-state index contributed by atoms with van der Waals surface area (Å²) in [5, 5.41) is 3.35. The number of Topliss-reactive ketones (excluding diaryl/α,β-unsaturated/α-hetero) is 1. The molecule has 0 spiro atoms. The van der Waals surface area contributed by atoms with Crippen LogP contribution in [0.5, 0.6) is 0 Å². The maximum Gasteiger partial charge on any atom is 0.165 e. The maximum absolute atomic E-state index is 12.4. The van der Waals surface area contributed by atoms with Crippen LogP contribution in [0.2, 0.25) is 0 Å². The fourth-order valence-electron chi connectivity index (χ4n) is 2.68. The van der Waals surface area contributed by atoms with E-state index < -0.39 is 0 Å². The van der Waals surface area contributed by atoms with Gasteiger partial charge in [0.15, 0.2) is 5.78 Å². The first-order chi connectivity index (χ1) is 7.22. The molecule has 2 heteroatoms. The molecule has 0 aromatic rings. The zero-order valence-electron chi connectivity index (χ0n) is 9.64. The second-order valence-electron chi connectivity index (χ2n) is 5.15. The van der Waals surface area contributed by atoms with Crippen LogP contribution < -0.4 is 5.32 Å². The van der Waals surface area contributed by atoms with E-state index in [9.17, 15) is 4.79 Å². The zero-order valence-corrected chi connectivity index (χ0v) is 9.64. The number of nitrogens with one attached hydrogen (secondary N) is 1. The van der Waals surface area contributed by atoms with Crippen LogP contribution in [0.4, 0.5) is 0 Å². The quantitative estimate of drug-likeness (QED) is 0.753. The van der Waals surface area contributed by atoms with Gasteiger partial charge in [-0.3, -0.25) is 4.79 Å². The molecule has 2 aliphatic rings. The van der Waals surface area contributed by atoms with Gasteiger partial charge in [0.25, 0.3) is 0 Å². The summed E-state index contributed by atoms with van der Waals surface area (Å²) in [6.07, 6.45) is 8.92. The molecule has 0 amide bonds. The highest BCUT2D eigenvalue weighted by molar-refractivity contribution is 6.00. The molecule has 1 aliphatic carbocycles. The first-order valence-corrected chi connectivity index (χ1v) is 6.17. The monoisotopic (exact) mass is 207 g/mol. The molecule has 2 nitrogen and oxygen atoms in total. The lowest BCUT2D eigenvalue weighted by Gasteiger charge is -2.34. The minimum absolute atomic E-state index is 0.124. The first-order valence-electron chi connectivity index (χ1n) is 6.17. The number of carbonyl (C=O) groups excluding carboxylic acids is 1. The number of ketones is 1.